The second kappa shape index (κ2) is 5.04. The Morgan fingerprint density at radius 3 is 2.63 bits per heavy atom. The topological polar surface area (TPSA) is 49.4 Å². The van der Waals surface area contributed by atoms with Crippen LogP contribution in [-0.2, 0) is 10.0 Å². The Kier molecular flexibility index (Phi) is 3.39. The van der Waals surface area contributed by atoms with E-state index < -0.39 is 10.0 Å². The van der Waals surface area contributed by atoms with Crippen LogP contribution in [0.1, 0.15) is 32.1 Å². The van der Waals surface area contributed by atoms with Gasteiger partial charge in [-0.05, 0) is 31.4 Å². The van der Waals surface area contributed by atoms with Gasteiger partial charge in [-0.1, -0.05) is 25.0 Å². The van der Waals surface area contributed by atoms with Crippen LogP contribution in [0.15, 0.2) is 24.3 Å². The molecule has 4 nitrogen and oxygen atoms in total. The van der Waals surface area contributed by atoms with E-state index in [1.54, 1.807) is 4.31 Å². The molecule has 1 aliphatic heterocycles. The fraction of sp³-hybridized carbons (Fsp3) is 0.571. The summed E-state index contributed by atoms with van der Waals surface area (Å²) in [7, 11) is -3.21. The van der Waals surface area contributed by atoms with Crippen molar-refractivity contribution in [1.29, 1.82) is 0 Å². The standard InChI is InChI=1S/C14H20N2O2S/c17-19(18,12-6-1-2-7-12)16-11-5-10-15-13-8-3-4-9-14(13)16/h3-4,8-9,12,15H,1-2,5-7,10-11H2. The van der Waals surface area contributed by atoms with Crippen molar-refractivity contribution >= 4 is 21.4 Å². The first-order valence-corrected chi connectivity index (χ1v) is 8.54. The maximum Gasteiger partial charge on any atom is 0.238 e. The predicted octanol–water partition coefficient (Wildman–Crippen LogP) is 2.58. The van der Waals surface area contributed by atoms with E-state index in [-0.39, 0.29) is 5.25 Å². The van der Waals surface area contributed by atoms with E-state index in [9.17, 15) is 8.42 Å². The molecule has 0 atom stereocenters. The molecule has 0 spiro atoms. The summed E-state index contributed by atoms with van der Waals surface area (Å²) in [6.07, 6.45) is 4.55. The first-order chi connectivity index (χ1) is 9.19. The highest BCUT2D eigenvalue weighted by atomic mass is 32.2. The summed E-state index contributed by atoms with van der Waals surface area (Å²) in [5.41, 5.74) is 1.74. The molecule has 0 bridgehead atoms. The Hall–Kier alpha value is -1.23. The van der Waals surface area contributed by atoms with E-state index in [0.29, 0.717) is 6.54 Å². The third kappa shape index (κ3) is 2.31. The third-order valence-corrected chi connectivity index (χ3v) is 6.36. The molecule has 0 aromatic heterocycles. The quantitative estimate of drug-likeness (QED) is 0.906. The minimum atomic E-state index is -3.21. The molecule has 0 radical (unpaired) electrons. The number of nitrogens with one attached hydrogen (secondary N) is 1. The second-order valence-electron chi connectivity index (χ2n) is 5.32. The van der Waals surface area contributed by atoms with Crippen LogP contribution < -0.4 is 9.62 Å². The van der Waals surface area contributed by atoms with Gasteiger partial charge < -0.3 is 5.32 Å². The molecule has 104 valence electrons. The van der Waals surface area contributed by atoms with Crippen LogP contribution in [-0.4, -0.2) is 26.8 Å². The van der Waals surface area contributed by atoms with Gasteiger partial charge in [0.2, 0.25) is 10.0 Å². The Morgan fingerprint density at radius 1 is 1.11 bits per heavy atom. The van der Waals surface area contributed by atoms with Gasteiger partial charge in [0.05, 0.1) is 16.6 Å². The minimum absolute atomic E-state index is 0.182. The van der Waals surface area contributed by atoms with Gasteiger partial charge >= 0.3 is 0 Å². The van der Waals surface area contributed by atoms with Crippen molar-refractivity contribution in [2.45, 2.75) is 37.4 Å². The lowest BCUT2D eigenvalue weighted by atomic mass is 10.2. The molecule has 1 aromatic carbocycles. The molecule has 1 heterocycles. The summed E-state index contributed by atoms with van der Waals surface area (Å²) in [4.78, 5) is 0. The van der Waals surface area contributed by atoms with Crippen molar-refractivity contribution in [3.63, 3.8) is 0 Å². The lowest BCUT2D eigenvalue weighted by molar-refractivity contribution is 0.574. The highest BCUT2D eigenvalue weighted by Crippen LogP contribution is 2.35. The lowest BCUT2D eigenvalue weighted by Crippen LogP contribution is -2.38. The Bertz CT molecular complexity index is 550. The fourth-order valence-corrected chi connectivity index (χ4v) is 5.14. The van der Waals surface area contributed by atoms with Gasteiger partial charge in [0.1, 0.15) is 0 Å². The number of para-hydroxylation sites is 2. The Balaban J connectivity index is 2.00. The van der Waals surface area contributed by atoms with Crippen molar-refractivity contribution in [3.05, 3.63) is 24.3 Å². The molecule has 0 amide bonds. The van der Waals surface area contributed by atoms with Crippen LogP contribution in [0.3, 0.4) is 0 Å². The SMILES string of the molecule is O=S(=O)(C1CCCC1)N1CCCNc2ccccc21. The molecule has 2 aliphatic rings. The molecule has 1 fully saturated rings. The molecule has 1 aromatic rings. The van der Waals surface area contributed by atoms with Crippen LogP contribution in [0, 0.1) is 0 Å². The zero-order valence-electron chi connectivity index (χ0n) is 11.0. The maximum atomic E-state index is 12.8. The number of sulfonamides is 1. The van der Waals surface area contributed by atoms with Crippen molar-refractivity contribution < 1.29 is 8.42 Å². The number of benzene rings is 1. The first-order valence-electron chi connectivity index (χ1n) is 7.04. The molecule has 3 rings (SSSR count). The molecule has 19 heavy (non-hydrogen) atoms. The van der Waals surface area contributed by atoms with Crippen molar-refractivity contribution in [2.24, 2.45) is 0 Å². The summed E-state index contributed by atoms with van der Waals surface area (Å²) in [5, 5.41) is 3.13. The van der Waals surface area contributed by atoms with Crippen LogP contribution in [0.2, 0.25) is 0 Å². The molecular formula is C14H20N2O2S. The Morgan fingerprint density at radius 2 is 1.84 bits per heavy atom. The van der Waals surface area contributed by atoms with Crippen molar-refractivity contribution in [3.8, 4) is 0 Å². The average Bonchev–Trinajstić information content (AvgIpc) is 2.86. The van der Waals surface area contributed by atoms with Gasteiger partial charge in [-0.25, -0.2) is 8.42 Å². The smallest absolute Gasteiger partial charge is 0.238 e. The summed E-state index contributed by atoms with van der Waals surface area (Å²) in [6.45, 7) is 1.41. The first kappa shape index (κ1) is 12.8. The predicted molar refractivity (Wildman–Crippen MR) is 78.1 cm³/mol. The minimum Gasteiger partial charge on any atom is -0.383 e. The summed E-state index contributed by atoms with van der Waals surface area (Å²) >= 11 is 0. The Labute approximate surface area is 114 Å². The van der Waals surface area contributed by atoms with E-state index >= 15 is 0 Å². The van der Waals surface area contributed by atoms with Crippen LogP contribution in [0.4, 0.5) is 11.4 Å². The summed E-state index contributed by atoms with van der Waals surface area (Å²) < 4.78 is 27.2. The number of nitrogens with zero attached hydrogens (tertiary/aromatic N) is 1. The molecule has 0 unspecified atom stereocenters. The van der Waals surface area contributed by atoms with Crippen LogP contribution in [0.25, 0.3) is 0 Å². The van der Waals surface area contributed by atoms with E-state index in [2.05, 4.69) is 5.32 Å². The lowest BCUT2D eigenvalue weighted by Gasteiger charge is -2.27. The average molecular weight is 280 g/mol. The second-order valence-corrected chi connectivity index (χ2v) is 7.46. The molecule has 5 heteroatoms. The largest absolute Gasteiger partial charge is 0.383 e. The van der Waals surface area contributed by atoms with Gasteiger partial charge in [0, 0.05) is 13.1 Å². The van der Waals surface area contributed by atoms with Crippen LogP contribution in [0.5, 0.6) is 0 Å². The zero-order valence-corrected chi connectivity index (χ0v) is 11.8. The normalized spacial score (nSPS) is 20.7. The van der Waals surface area contributed by atoms with Gasteiger partial charge in [-0.3, -0.25) is 4.31 Å². The number of fused-ring (bicyclic) bond motifs is 1. The monoisotopic (exact) mass is 280 g/mol. The van der Waals surface area contributed by atoms with E-state index in [1.165, 1.54) is 0 Å². The van der Waals surface area contributed by atoms with E-state index in [1.807, 2.05) is 24.3 Å². The third-order valence-electron chi connectivity index (χ3n) is 4.06. The highest BCUT2D eigenvalue weighted by molar-refractivity contribution is 7.93. The van der Waals surface area contributed by atoms with Crippen molar-refractivity contribution in [1.82, 2.24) is 0 Å². The number of hydrogen-bond donors (Lipinski definition) is 1. The summed E-state index contributed by atoms with van der Waals surface area (Å²) in [6, 6.07) is 7.71. The molecule has 1 N–H and O–H groups in total. The van der Waals surface area contributed by atoms with Crippen molar-refractivity contribution in [2.75, 3.05) is 22.7 Å². The molecular weight excluding hydrogens is 260 g/mol. The van der Waals surface area contributed by atoms with E-state index in [4.69, 9.17) is 0 Å². The fourth-order valence-electron chi connectivity index (χ4n) is 3.04. The van der Waals surface area contributed by atoms with E-state index in [0.717, 1.165) is 50.0 Å². The summed E-state index contributed by atoms with van der Waals surface area (Å²) in [5.74, 6) is 0. The number of hydrogen-bond acceptors (Lipinski definition) is 3. The highest BCUT2D eigenvalue weighted by Gasteiger charge is 2.35. The molecule has 0 saturated heterocycles. The van der Waals surface area contributed by atoms with Gasteiger partial charge in [0.25, 0.3) is 0 Å². The molecule has 1 aliphatic carbocycles. The van der Waals surface area contributed by atoms with Gasteiger partial charge in [-0.2, -0.15) is 0 Å². The molecule has 1 saturated carbocycles. The number of rotatable bonds is 2. The zero-order chi connectivity index (χ0) is 13.3. The van der Waals surface area contributed by atoms with Gasteiger partial charge in [-0.15, -0.1) is 0 Å². The maximum absolute atomic E-state index is 12.8. The number of anilines is 2. The van der Waals surface area contributed by atoms with Crippen LogP contribution >= 0.6 is 0 Å². The van der Waals surface area contributed by atoms with Gasteiger partial charge in [0.15, 0.2) is 0 Å².